The van der Waals surface area contributed by atoms with Crippen LogP contribution in [0.25, 0.3) is 0 Å². The molecule has 0 saturated heterocycles. The van der Waals surface area contributed by atoms with Crippen LogP contribution in [0.15, 0.2) is 6.07 Å². The summed E-state index contributed by atoms with van der Waals surface area (Å²) in [7, 11) is -3.68. The molecular formula is C6H4Cl3NO3S. The Hall–Kier alpha value is -0.230. The first-order valence-electron chi connectivity index (χ1n) is 3.20. The zero-order valence-corrected chi connectivity index (χ0v) is 9.88. The number of aromatic nitrogens is 1. The molecule has 0 aliphatic rings. The highest BCUT2D eigenvalue weighted by atomic mass is 35.5. The van der Waals surface area contributed by atoms with E-state index in [4.69, 9.17) is 34.8 Å². The molecule has 0 aromatic carbocycles. The second-order valence-corrected chi connectivity index (χ2v) is 5.08. The van der Waals surface area contributed by atoms with Gasteiger partial charge in [-0.05, 0) is 6.07 Å². The van der Waals surface area contributed by atoms with Gasteiger partial charge in [-0.15, -0.1) is 0 Å². The molecule has 0 aliphatic heterocycles. The van der Waals surface area contributed by atoms with E-state index in [-0.39, 0.29) is 21.1 Å². The summed E-state index contributed by atoms with van der Waals surface area (Å²) in [4.78, 5) is 3.56. The van der Waals surface area contributed by atoms with Gasteiger partial charge in [0.25, 0.3) is 5.88 Å². The lowest BCUT2D eigenvalue weighted by Crippen LogP contribution is -2.07. The summed E-state index contributed by atoms with van der Waals surface area (Å²) in [5, 5.41) is 0.0251. The smallest absolute Gasteiger partial charge is 0.307 e. The second kappa shape index (κ2) is 4.10. The van der Waals surface area contributed by atoms with E-state index in [1.54, 1.807) is 0 Å². The van der Waals surface area contributed by atoms with E-state index >= 15 is 0 Å². The third-order valence-corrected chi connectivity index (χ3v) is 2.49. The molecule has 78 valence electrons. The van der Waals surface area contributed by atoms with E-state index in [0.717, 1.165) is 6.26 Å². The quantitative estimate of drug-likeness (QED) is 0.615. The molecule has 0 aliphatic carbocycles. The average molecular weight is 277 g/mol. The van der Waals surface area contributed by atoms with Gasteiger partial charge in [0.05, 0.1) is 11.3 Å². The molecule has 1 aromatic rings. The van der Waals surface area contributed by atoms with Gasteiger partial charge in [0.1, 0.15) is 5.02 Å². The zero-order chi connectivity index (χ0) is 10.9. The molecule has 0 spiro atoms. The van der Waals surface area contributed by atoms with Crippen LogP contribution in [-0.2, 0) is 10.1 Å². The largest absolute Gasteiger partial charge is 0.360 e. The summed E-state index contributed by atoms with van der Waals surface area (Å²) in [6.45, 7) is 0. The number of hydrogen-bond acceptors (Lipinski definition) is 4. The molecule has 0 fully saturated rings. The Balaban J connectivity index is 3.17. The van der Waals surface area contributed by atoms with E-state index in [1.165, 1.54) is 6.07 Å². The van der Waals surface area contributed by atoms with Crippen molar-refractivity contribution in [2.75, 3.05) is 6.26 Å². The van der Waals surface area contributed by atoms with Gasteiger partial charge in [0.2, 0.25) is 0 Å². The van der Waals surface area contributed by atoms with Crippen molar-refractivity contribution < 1.29 is 12.6 Å². The van der Waals surface area contributed by atoms with Crippen molar-refractivity contribution in [3.05, 3.63) is 21.3 Å². The fraction of sp³-hybridized carbons (Fsp3) is 0.167. The number of pyridine rings is 1. The third kappa shape index (κ3) is 3.16. The van der Waals surface area contributed by atoms with Crippen molar-refractivity contribution in [3.63, 3.8) is 0 Å². The van der Waals surface area contributed by atoms with E-state index in [9.17, 15) is 8.42 Å². The van der Waals surface area contributed by atoms with Crippen molar-refractivity contribution in [2.24, 2.45) is 0 Å². The van der Waals surface area contributed by atoms with E-state index in [0.29, 0.717) is 0 Å². The minimum absolute atomic E-state index is 0.0233. The van der Waals surface area contributed by atoms with E-state index in [2.05, 4.69) is 9.17 Å². The summed E-state index contributed by atoms with van der Waals surface area (Å²) in [6, 6.07) is 1.25. The Labute approximate surface area is 95.9 Å². The maximum atomic E-state index is 10.8. The van der Waals surface area contributed by atoms with Crippen LogP contribution in [0.5, 0.6) is 5.88 Å². The van der Waals surface area contributed by atoms with Crippen molar-refractivity contribution in [1.82, 2.24) is 4.98 Å². The molecule has 1 aromatic heterocycles. The van der Waals surface area contributed by atoms with Crippen LogP contribution >= 0.6 is 34.8 Å². The number of nitrogens with zero attached hydrogens (tertiary/aromatic N) is 1. The highest BCUT2D eigenvalue weighted by Crippen LogP contribution is 2.30. The van der Waals surface area contributed by atoms with E-state index in [1.807, 2.05) is 0 Å². The monoisotopic (exact) mass is 275 g/mol. The van der Waals surface area contributed by atoms with E-state index < -0.39 is 10.1 Å². The first kappa shape index (κ1) is 11.8. The highest BCUT2D eigenvalue weighted by molar-refractivity contribution is 7.86. The van der Waals surface area contributed by atoms with Crippen molar-refractivity contribution in [3.8, 4) is 5.88 Å². The Bertz CT molecular complexity index is 460. The molecule has 4 nitrogen and oxygen atoms in total. The molecule has 0 amide bonds. The summed E-state index contributed by atoms with van der Waals surface area (Å²) in [5.74, 6) is -0.288. The van der Waals surface area contributed by atoms with Gasteiger partial charge in [-0.3, -0.25) is 0 Å². The molecular weight excluding hydrogens is 272 g/mol. The standard InChI is InChI=1S/C6H4Cl3NO3S/c1-14(11,12)13-6-4(8)2-3(7)5(9)10-6/h2H,1H3. The van der Waals surface area contributed by atoms with Crippen LogP contribution < -0.4 is 4.18 Å². The molecule has 14 heavy (non-hydrogen) atoms. The Kier molecular flexibility index (Phi) is 3.47. The molecule has 0 saturated carbocycles. The van der Waals surface area contributed by atoms with Crippen molar-refractivity contribution >= 4 is 44.9 Å². The van der Waals surface area contributed by atoms with Crippen LogP contribution in [0.1, 0.15) is 0 Å². The number of halogens is 3. The van der Waals surface area contributed by atoms with Crippen LogP contribution in [0.2, 0.25) is 15.2 Å². The topological polar surface area (TPSA) is 56.3 Å². The molecule has 0 radical (unpaired) electrons. The van der Waals surface area contributed by atoms with Crippen molar-refractivity contribution in [2.45, 2.75) is 0 Å². The first-order chi connectivity index (χ1) is 6.29. The Morgan fingerprint density at radius 1 is 1.29 bits per heavy atom. The maximum absolute atomic E-state index is 10.8. The van der Waals surface area contributed by atoms with Crippen LogP contribution in [0, 0.1) is 0 Å². The second-order valence-electron chi connectivity index (χ2n) is 2.34. The lowest BCUT2D eigenvalue weighted by molar-refractivity contribution is 0.483. The molecule has 0 atom stereocenters. The Morgan fingerprint density at radius 2 is 1.86 bits per heavy atom. The predicted octanol–water partition coefficient (Wildman–Crippen LogP) is 2.38. The van der Waals surface area contributed by atoms with Gasteiger partial charge in [0, 0.05) is 0 Å². The third-order valence-electron chi connectivity index (χ3n) is 1.08. The number of rotatable bonds is 2. The predicted molar refractivity (Wildman–Crippen MR) is 54.7 cm³/mol. The maximum Gasteiger partial charge on any atom is 0.307 e. The molecule has 0 N–H and O–H groups in total. The Morgan fingerprint density at radius 3 is 2.36 bits per heavy atom. The normalized spacial score (nSPS) is 11.4. The molecule has 8 heteroatoms. The first-order valence-corrected chi connectivity index (χ1v) is 6.15. The van der Waals surface area contributed by atoms with Gasteiger partial charge in [-0.25, -0.2) is 0 Å². The summed E-state index contributed by atoms with van der Waals surface area (Å²) in [5.41, 5.74) is 0. The summed E-state index contributed by atoms with van der Waals surface area (Å²) < 4.78 is 26.0. The SMILES string of the molecule is CS(=O)(=O)Oc1nc(Cl)c(Cl)cc1Cl. The van der Waals surface area contributed by atoms with Gasteiger partial charge in [0.15, 0.2) is 5.15 Å². The van der Waals surface area contributed by atoms with Gasteiger partial charge in [-0.2, -0.15) is 13.4 Å². The molecule has 1 heterocycles. The lowest BCUT2D eigenvalue weighted by atomic mass is 10.5. The summed E-state index contributed by atoms with van der Waals surface area (Å²) in [6.07, 6.45) is 0.869. The van der Waals surface area contributed by atoms with Crippen LogP contribution in [-0.4, -0.2) is 19.7 Å². The minimum atomic E-state index is -3.68. The van der Waals surface area contributed by atoms with Gasteiger partial charge < -0.3 is 4.18 Å². The zero-order valence-electron chi connectivity index (χ0n) is 6.79. The van der Waals surface area contributed by atoms with Gasteiger partial charge >= 0.3 is 10.1 Å². The average Bonchev–Trinajstić information content (AvgIpc) is 1.97. The molecule has 0 bridgehead atoms. The summed E-state index contributed by atoms with van der Waals surface area (Å²) >= 11 is 16.7. The lowest BCUT2D eigenvalue weighted by Gasteiger charge is -2.04. The van der Waals surface area contributed by atoms with Crippen molar-refractivity contribution in [1.29, 1.82) is 0 Å². The number of hydrogen-bond donors (Lipinski definition) is 0. The fourth-order valence-corrected chi connectivity index (χ4v) is 1.62. The highest BCUT2D eigenvalue weighted by Gasteiger charge is 2.13. The fourth-order valence-electron chi connectivity index (χ4n) is 0.630. The molecule has 1 rings (SSSR count). The van der Waals surface area contributed by atoms with Crippen LogP contribution in [0.3, 0.4) is 0 Å². The minimum Gasteiger partial charge on any atom is -0.360 e. The van der Waals surface area contributed by atoms with Gasteiger partial charge in [-0.1, -0.05) is 34.8 Å². The van der Waals surface area contributed by atoms with Crippen LogP contribution in [0.4, 0.5) is 0 Å². The molecule has 0 unspecified atom stereocenters.